The van der Waals surface area contributed by atoms with Gasteiger partial charge in [0.05, 0.1) is 19.9 Å². The number of carbonyl (C=O) groups is 1. The molecule has 1 aromatic heterocycles. The van der Waals surface area contributed by atoms with Gasteiger partial charge in [-0.1, -0.05) is 13.3 Å². The van der Waals surface area contributed by atoms with E-state index < -0.39 is 0 Å². The Bertz CT molecular complexity index is 674. The van der Waals surface area contributed by atoms with Crippen LogP contribution in [-0.4, -0.2) is 36.9 Å². The van der Waals surface area contributed by atoms with Crippen LogP contribution in [0, 0.1) is 0 Å². The molecule has 2 rings (SSSR count). The summed E-state index contributed by atoms with van der Waals surface area (Å²) in [5, 5.41) is 13.9. The zero-order valence-electron chi connectivity index (χ0n) is 14.1. The van der Waals surface area contributed by atoms with Gasteiger partial charge in [0.15, 0.2) is 5.69 Å². The molecule has 0 radical (unpaired) electrons. The summed E-state index contributed by atoms with van der Waals surface area (Å²) >= 11 is 0. The second-order valence-corrected chi connectivity index (χ2v) is 5.10. The minimum Gasteiger partial charge on any atom is -0.497 e. The molecule has 0 aliphatic heterocycles. The fourth-order valence-corrected chi connectivity index (χ4v) is 2.03. The molecule has 0 spiro atoms. The molecule has 0 unspecified atom stereocenters. The number of nitrogens with one attached hydrogen (secondary N) is 2. The molecule has 0 bridgehead atoms. The second-order valence-electron chi connectivity index (χ2n) is 5.10. The Morgan fingerprint density at radius 3 is 2.58 bits per heavy atom. The van der Waals surface area contributed by atoms with E-state index in [-0.39, 0.29) is 11.6 Å². The van der Waals surface area contributed by atoms with Gasteiger partial charge in [0, 0.05) is 12.6 Å². The van der Waals surface area contributed by atoms with Crippen LogP contribution >= 0.6 is 0 Å². The van der Waals surface area contributed by atoms with E-state index in [1.54, 1.807) is 37.4 Å². The molecule has 7 nitrogen and oxygen atoms in total. The van der Waals surface area contributed by atoms with Crippen molar-refractivity contribution in [3.8, 4) is 11.5 Å². The molecule has 24 heavy (non-hydrogen) atoms. The number of hydrogen-bond donors (Lipinski definition) is 2. The van der Waals surface area contributed by atoms with Crippen LogP contribution in [0.15, 0.2) is 30.3 Å². The first-order chi connectivity index (χ1) is 11.7. The van der Waals surface area contributed by atoms with Gasteiger partial charge < -0.3 is 20.1 Å². The van der Waals surface area contributed by atoms with Crippen molar-refractivity contribution in [2.75, 3.05) is 31.4 Å². The van der Waals surface area contributed by atoms with Crippen molar-refractivity contribution < 1.29 is 14.3 Å². The smallest absolute Gasteiger partial charge is 0.276 e. The predicted molar refractivity (Wildman–Crippen MR) is 92.9 cm³/mol. The van der Waals surface area contributed by atoms with Crippen molar-refractivity contribution in [3.63, 3.8) is 0 Å². The number of amides is 1. The number of aromatic nitrogens is 2. The third-order valence-corrected chi connectivity index (χ3v) is 3.39. The predicted octanol–water partition coefficient (Wildman–Crippen LogP) is 2.96. The Morgan fingerprint density at radius 1 is 1.12 bits per heavy atom. The Kier molecular flexibility index (Phi) is 6.36. The number of benzene rings is 1. The number of hydrogen-bond acceptors (Lipinski definition) is 6. The highest BCUT2D eigenvalue weighted by atomic mass is 16.5. The number of ether oxygens (including phenoxy) is 2. The van der Waals surface area contributed by atoms with Crippen LogP contribution in [0.4, 0.5) is 11.5 Å². The molecule has 0 fully saturated rings. The largest absolute Gasteiger partial charge is 0.497 e. The van der Waals surface area contributed by atoms with E-state index in [2.05, 4.69) is 27.8 Å². The highest BCUT2D eigenvalue weighted by Gasteiger charge is 2.12. The quantitative estimate of drug-likeness (QED) is 0.724. The highest BCUT2D eigenvalue weighted by molar-refractivity contribution is 6.03. The van der Waals surface area contributed by atoms with Crippen LogP contribution in [0.1, 0.15) is 30.3 Å². The van der Waals surface area contributed by atoms with E-state index in [0.29, 0.717) is 23.0 Å². The lowest BCUT2D eigenvalue weighted by Gasteiger charge is -2.11. The Balaban J connectivity index is 2.04. The standard InChI is InChI=1S/C17H22N4O3/c1-4-5-10-18-16-9-8-14(20-21-16)17(22)19-13-7-6-12(23-2)11-15(13)24-3/h6-9,11H,4-5,10H2,1-3H3,(H,18,21)(H,19,22). The minimum atomic E-state index is -0.355. The normalized spacial score (nSPS) is 10.1. The topological polar surface area (TPSA) is 85.4 Å². The Labute approximate surface area is 141 Å². The lowest BCUT2D eigenvalue weighted by Crippen LogP contribution is -2.15. The van der Waals surface area contributed by atoms with Crippen LogP contribution in [0.25, 0.3) is 0 Å². The first-order valence-corrected chi connectivity index (χ1v) is 7.79. The molecule has 0 atom stereocenters. The number of anilines is 2. The number of nitrogens with zero attached hydrogens (tertiary/aromatic N) is 2. The third-order valence-electron chi connectivity index (χ3n) is 3.39. The van der Waals surface area contributed by atoms with Crippen LogP contribution in [-0.2, 0) is 0 Å². The van der Waals surface area contributed by atoms with Crippen molar-refractivity contribution in [2.24, 2.45) is 0 Å². The van der Waals surface area contributed by atoms with Crippen molar-refractivity contribution in [1.82, 2.24) is 10.2 Å². The van der Waals surface area contributed by atoms with Crippen LogP contribution in [0.2, 0.25) is 0 Å². The van der Waals surface area contributed by atoms with Gasteiger partial charge in [-0.05, 0) is 30.7 Å². The van der Waals surface area contributed by atoms with Crippen molar-refractivity contribution in [2.45, 2.75) is 19.8 Å². The highest BCUT2D eigenvalue weighted by Crippen LogP contribution is 2.29. The molecule has 2 aromatic rings. The number of unbranched alkanes of at least 4 members (excludes halogenated alkanes) is 1. The van der Waals surface area contributed by atoms with E-state index in [9.17, 15) is 4.79 Å². The maximum absolute atomic E-state index is 12.3. The maximum atomic E-state index is 12.3. The summed E-state index contributed by atoms with van der Waals surface area (Å²) in [4.78, 5) is 12.3. The van der Waals surface area contributed by atoms with Crippen LogP contribution in [0.5, 0.6) is 11.5 Å². The summed E-state index contributed by atoms with van der Waals surface area (Å²) in [5.74, 6) is 1.45. The van der Waals surface area contributed by atoms with Gasteiger partial charge in [-0.25, -0.2) is 0 Å². The zero-order valence-corrected chi connectivity index (χ0v) is 14.1. The van der Waals surface area contributed by atoms with Crippen molar-refractivity contribution in [1.29, 1.82) is 0 Å². The summed E-state index contributed by atoms with van der Waals surface area (Å²) in [6, 6.07) is 8.52. The SMILES string of the molecule is CCCCNc1ccc(C(=O)Nc2ccc(OC)cc2OC)nn1. The first-order valence-electron chi connectivity index (χ1n) is 7.79. The Hall–Kier alpha value is -2.83. The van der Waals surface area contributed by atoms with Crippen molar-refractivity contribution in [3.05, 3.63) is 36.0 Å². The van der Waals surface area contributed by atoms with E-state index >= 15 is 0 Å². The minimum absolute atomic E-state index is 0.230. The van der Waals surface area contributed by atoms with Gasteiger partial charge >= 0.3 is 0 Å². The number of methoxy groups -OCH3 is 2. The van der Waals surface area contributed by atoms with Gasteiger partial charge in [0.25, 0.3) is 5.91 Å². The molecule has 0 saturated heterocycles. The molecule has 7 heteroatoms. The van der Waals surface area contributed by atoms with Gasteiger partial charge in [0.2, 0.25) is 0 Å². The molecule has 1 aromatic carbocycles. The average molecular weight is 330 g/mol. The summed E-state index contributed by atoms with van der Waals surface area (Å²) in [6.07, 6.45) is 2.16. The summed E-state index contributed by atoms with van der Waals surface area (Å²) in [6.45, 7) is 2.95. The third kappa shape index (κ3) is 4.58. The molecular formula is C17H22N4O3. The molecule has 0 saturated carbocycles. The van der Waals surface area contributed by atoms with Gasteiger partial charge in [-0.3, -0.25) is 4.79 Å². The van der Waals surface area contributed by atoms with Gasteiger partial charge in [-0.2, -0.15) is 0 Å². The average Bonchev–Trinajstić information content (AvgIpc) is 2.62. The van der Waals surface area contributed by atoms with Crippen LogP contribution in [0.3, 0.4) is 0 Å². The molecule has 0 aliphatic rings. The maximum Gasteiger partial charge on any atom is 0.276 e. The summed E-state index contributed by atoms with van der Waals surface area (Å²) in [5.41, 5.74) is 0.768. The molecule has 1 amide bonds. The van der Waals surface area contributed by atoms with Crippen molar-refractivity contribution >= 4 is 17.4 Å². The first kappa shape index (κ1) is 17.5. The molecular weight excluding hydrogens is 308 g/mol. The van der Waals surface area contributed by atoms with Gasteiger partial charge in [0.1, 0.15) is 17.3 Å². The van der Waals surface area contributed by atoms with Crippen LogP contribution < -0.4 is 20.1 Å². The Morgan fingerprint density at radius 2 is 1.96 bits per heavy atom. The van der Waals surface area contributed by atoms with E-state index in [0.717, 1.165) is 19.4 Å². The number of carbonyl (C=O) groups excluding carboxylic acids is 1. The van der Waals surface area contributed by atoms with E-state index in [1.165, 1.54) is 7.11 Å². The monoisotopic (exact) mass is 330 g/mol. The summed E-state index contributed by atoms with van der Waals surface area (Å²) < 4.78 is 10.4. The number of rotatable bonds is 8. The molecule has 128 valence electrons. The summed E-state index contributed by atoms with van der Waals surface area (Å²) in [7, 11) is 3.10. The fourth-order valence-electron chi connectivity index (χ4n) is 2.03. The second kappa shape index (κ2) is 8.71. The molecule has 2 N–H and O–H groups in total. The van der Waals surface area contributed by atoms with E-state index in [4.69, 9.17) is 9.47 Å². The lowest BCUT2D eigenvalue weighted by molar-refractivity contribution is 0.102. The fraction of sp³-hybridized carbons (Fsp3) is 0.353. The van der Waals surface area contributed by atoms with Gasteiger partial charge in [-0.15, -0.1) is 10.2 Å². The molecule has 1 heterocycles. The van der Waals surface area contributed by atoms with E-state index in [1.807, 2.05) is 0 Å². The zero-order chi connectivity index (χ0) is 17.4. The lowest BCUT2D eigenvalue weighted by atomic mass is 10.2. The molecule has 0 aliphatic carbocycles.